The Morgan fingerprint density at radius 3 is 2.51 bits per heavy atom. The number of nitrogens with zero attached hydrogens (tertiary/aromatic N) is 5. The summed E-state index contributed by atoms with van der Waals surface area (Å²) < 4.78 is 86.7. The van der Waals surface area contributed by atoms with E-state index in [0.717, 1.165) is 60.1 Å². The number of rotatable bonds is 15. The lowest BCUT2D eigenvalue weighted by Crippen LogP contribution is -2.48. The number of nitrogens with one attached hydrogen (secondary N) is 3. The van der Waals surface area contributed by atoms with E-state index in [1.54, 1.807) is 47.5 Å². The molecular weight excluding hydrogens is 922 g/mol. The van der Waals surface area contributed by atoms with Gasteiger partial charge in [0.05, 0.1) is 39.9 Å². The topological polar surface area (TPSA) is 202 Å². The predicted molar refractivity (Wildman–Crippen MR) is 252 cm³/mol. The Bertz CT molecular complexity index is 2860. The average molecular weight is 975 g/mol. The average Bonchev–Trinajstić information content (AvgIpc) is 3.79. The summed E-state index contributed by atoms with van der Waals surface area (Å²) in [6.07, 6.45) is 0.813. The van der Waals surface area contributed by atoms with Crippen LogP contribution < -0.4 is 19.7 Å². The van der Waals surface area contributed by atoms with Crippen LogP contribution in [-0.2, 0) is 30.5 Å². The van der Waals surface area contributed by atoms with E-state index in [0.29, 0.717) is 50.6 Å². The number of alkyl halides is 3. The van der Waals surface area contributed by atoms with Gasteiger partial charge in [0.25, 0.3) is 21.6 Å². The third kappa shape index (κ3) is 11.7. The molecule has 366 valence electrons. The Morgan fingerprint density at radius 2 is 1.78 bits per heavy atom. The highest BCUT2D eigenvalue weighted by Crippen LogP contribution is 2.44. The van der Waals surface area contributed by atoms with Crippen molar-refractivity contribution in [3.05, 3.63) is 118 Å². The maximum atomic E-state index is 14.0. The molecule has 17 nitrogen and oxygen atoms in total. The van der Waals surface area contributed by atoms with E-state index in [4.69, 9.17) is 14.2 Å². The number of aromatic amines is 1. The van der Waals surface area contributed by atoms with E-state index in [1.165, 1.54) is 31.0 Å². The third-order valence-electron chi connectivity index (χ3n) is 12.7. The van der Waals surface area contributed by atoms with E-state index < -0.39 is 49.3 Å². The molecule has 4 heterocycles. The van der Waals surface area contributed by atoms with E-state index in [9.17, 15) is 41.3 Å². The maximum Gasteiger partial charge on any atom is 0.416 e. The summed E-state index contributed by atoms with van der Waals surface area (Å²) in [5, 5.41) is 15.9. The van der Waals surface area contributed by atoms with Gasteiger partial charge in [-0.15, -0.1) is 0 Å². The Morgan fingerprint density at radius 1 is 1.01 bits per heavy atom. The van der Waals surface area contributed by atoms with Gasteiger partial charge in [-0.25, -0.2) is 18.1 Å². The van der Waals surface area contributed by atoms with Crippen molar-refractivity contribution in [2.45, 2.75) is 50.3 Å². The van der Waals surface area contributed by atoms with Crippen LogP contribution >= 0.6 is 0 Å². The van der Waals surface area contributed by atoms with Crippen LogP contribution in [0, 0.1) is 15.5 Å². The lowest BCUT2D eigenvalue weighted by Gasteiger charge is -2.39. The predicted octanol–water partition coefficient (Wildman–Crippen LogP) is 7.47. The van der Waals surface area contributed by atoms with Crippen LogP contribution in [0.5, 0.6) is 11.5 Å². The first-order valence-corrected chi connectivity index (χ1v) is 23.9. The highest BCUT2D eigenvalue weighted by atomic mass is 32.2. The quantitative estimate of drug-likeness (QED) is 0.0690. The monoisotopic (exact) mass is 974 g/mol. The number of benzene rings is 3. The Kier molecular flexibility index (Phi) is 14.3. The summed E-state index contributed by atoms with van der Waals surface area (Å²) in [6.45, 7) is 8.38. The number of pyridine rings is 1. The number of nitro benzene ring substituents is 1. The van der Waals surface area contributed by atoms with Crippen molar-refractivity contribution in [3.8, 4) is 11.5 Å². The number of methoxy groups -OCH3 is 1. The van der Waals surface area contributed by atoms with Crippen molar-refractivity contribution in [1.29, 1.82) is 0 Å². The molecule has 2 aliphatic heterocycles. The number of piperazine rings is 1. The summed E-state index contributed by atoms with van der Waals surface area (Å²) in [5.74, 6) is -0.953. The molecule has 3 aromatic carbocycles. The molecule has 5 aromatic rings. The minimum absolute atomic E-state index is 0.00520. The maximum absolute atomic E-state index is 14.0. The molecule has 0 unspecified atom stereocenters. The number of halogens is 3. The molecule has 0 bridgehead atoms. The van der Waals surface area contributed by atoms with Crippen LogP contribution in [0.3, 0.4) is 0 Å². The normalized spacial score (nSPS) is 18.0. The first-order chi connectivity index (χ1) is 32.9. The summed E-state index contributed by atoms with van der Waals surface area (Å²) in [5.41, 5.74) is 3.07. The zero-order valence-corrected chi connectivity index (χ0v) is 39.1. The fourth-order valence-corrected chi connectivity index (χ4v) is 9.90. The molecule has 2 amide bonds. The number of anilines is 2. The lowest BCUT2D eigenvalue weighted by molar-refractivity contribution is -0.384. The molecule has 1 atom stereocenters. The second kappa shape index (κ2) is 20.2. The molecule has 1 aliphatic carbocycles. The number of ether oxygens (including phenoxy) is 3. The first kappa shape index (κ1) is 48.9. The fourth-order valence-electron chi connectivity index (χ4n) is 8.91. The summed E-state index contributed by atoms with van der Waals surface area (Å²) in [6, 6.07) is 17.0. The molecule has 0 spiro atoms. The number of fused-ring (bicyclic) bond motifs is 1. The molecule has 3 aliphatic rings. The van der Waals surface area contributed by atoms with Gasteiger partial charge in [0.15, 0.2) is 0 Å². The number of H-pyrrole nitrogens is 1. The fraction of sp³-hybridized carbons (Fsp3) is 0.396. The lowest BCUT2D eigenvalue weighted by atomic mass is 9.72. The minimum atomic E-state index is -4.68. The van der Waals surface area contributed by atoms with Crippen LogP contribution in [-0.4, -0.2) is 124 Å². The van der Waals surface area contributed by atoms with E-state index in [-0.39, 0.29) is 60.4 Å². The first-order valence-electron chi connectivity index (χ1n) is 22.4. The highest BCUT2D eigenvalue weighted by Gasteiger charge is 2.33. The highest BCUT2D eigenvalue weighted by molar-refractivity contribution is 7.90. The summed E-state index contributed by atoms with van der Waals surface area (Å²) in [4.78, 5) is 50.7. The van der Waals surface area contributed by atoms with Gasteiger partial charge >= 0.3 is 6.18 Å². The molecule has 2 saturated heterocycles. The van der Waals surface area contributed by atoms with E-state index in [1.807, 2.05) is 0 Å². The number of carbonyl (C=O) groups excluding carboxylic acids is 2. The van der Waals surface area contributed by atoms with Crippen LogP contribution in [0.2, 0.25) is 0 Å². The standard InChI is InChI=1S/C48H53F3N8O9S/c1-47(2)14-12-33(40(25-47)31-4-6-34(7-5-31)48(49,50)51)28-56-16-18-57(19-17-56)35-8-10-39(43(23-35)68-36-22-32-13-15-52-45(32)54-26-36)46(61)55-69(64,65)38-9-11-41(42(24-38)59(62)63)53-27-37-29-58(20-21-67-37)44(60)30-66-3/h4-11,13,15,22-24,26,37,53H,12,14,16-21,25,27-30H2,1-3H3,(H,52,54)(H,55,61)/t37-/m1/s1. The van der Waals surface area contributed by atoms with Crippen molar-refractivity contribution in [3.63, 3.8) is 0 Å². The number of amides is 2. The molecule has 2 fully saturated rings. The minimum Gasteiger partial charge on any atom is -0.455 e. The Hall–Kier alpha value is -6.55. The van der Waals surface area contributed by atoms with Crippen LogP contribution in [0.25, 0.3) is 16.6 Å². The number of nitro groups is 1. The van der Waals surface area contributed by atoms with Crippen molar-refractivity contribution < 1.29 is 50.3 Å². The smallest absolute Gasteiger partial charge is 0.416 e. The number of carbonyl (C=O) groups is 2. The molecule has 3 N–H and O–H groups in total. The number of hydrogen-bond acceptors (Lipinski definition) is 13. The van der Waals surface area contributed by atoms with E-state index >= 15 is 0 Å². The Balaban J connectivity index is 0.982. The molecule has 8 rings (SSSR count). The zero-order valence-electron chi connectivity index (χ0n) is 38.3. The van der Waals surface area contributed by atoms with Crippen LogP contribution in [0.1, 0.15) is 54.6 Å². The number of morpholine rings is 1. The second-order valence-electron chi connectivity index (χ2n) is 18.1. The van der Waals surface area contributed by atoms with Gasteiger partial charge in [0.1, 0.15) is 29.4 Å². The number of sulfonamides is 1. The summed E-state index contributed by atoms with van der Waals surface area (Å²) in [7, 11) is -3.27. The van der Waals surface area contributed by atoms with Gasteiger partial charge in [-0.2, -0.15) is 13.2 Å². The van der Waals surface area contributed by atoms with Crippen molar-refractivity contribution in [2.24, 2.45) is 5.41 Å². The van der Waals surface area contributed by atoms with Gasteiger partial charge < -0.3 is 34.3 Å². The third-order valence-corrected chi connectivity index (χ3v) is 14.0. The number of allylic oxidation sites excluding steroid dienone is 1. The van der Waals surface area contributed by atoms with Crippen molar-refractivity contribution >= 4 is 55.5 Å². The van der Waals surface area contributed by atoms with Gasteiger partial charge in [0, 0.05) is 88.9 Å². The second-order valence-corrected chi connectivity index (χ2v) is 19.8. The van der Waals surface area contributed by atoms with Gasteiger partial charge in [0.2, 0.25) is 5.91 Å². The Labute approximate surface area is 396 Å². The molecular formula is C48H53F3N8O9S. The number of aromatic nitrogens is 2. The van der Waals surface area contributed by atoms with Gasteiger partial charge in [-0.1, -0.05) is 31.6 Å². The molecule has 69 heavy (non-hydrogen) atoms. The molecule has 21 heteroatoms. The SMILES string of the molecule is COCC(=O)N1CCO[C@H](CNc2ccc(S(=O)(=O)NC(=O)c3ccc(N4CCN(CC5=C(c6ccc(C(F)(F)F)cc6)CC(C)(C)CC5)CC4)cc3Oc3cnc4[nH]ccc4c3)cc2[N+](=O)[O-])C1. The van der Waals surface area contributed by atoms with Crippen LogP contribution in [0.4, 0.5) is 30.2 Å². The van der Waals surface area contributed by atoms with Crippen molar-refractivity contribution in [2.75, 3.05) is 82.9 Å². The molecule has 0 saturated carbocycles. The van der Waals surface area contributed by atoms with E-state index in [2.05, 4.69) is 43.7 Å². The van der Waals surface area contributed by atoms with Gasteiger partial charge in [-0.3, -0.25) is 24.6 Å². The molecule has 2 aromatic heterocycles. The summed E-state index contributed by atoms with van der Waals surface area (Å²) >= 11 is 0. The number of hydrogen-bond donors (Lipinski definition) is 3. The molecule has 0 radical (unpaired) electrons. The van der Waals surface area contributed by atoms with Crippen LogP contribution in [0.15, 0.2) is 95.7 Å². The van der Waals surface area contributed by atoms with Gasteiger partial charge in [-0.05, 0) is 84.3 Å². The van der Waals surface area contributed by atoms with Crippen molar-refractivity contribution in [1.82, 2.24) is 24.5 Å². The zero-order chi connectivity index (χ0) is 49.1. The largest absolute Gasteiger partial charge is 0.455 e.